The Labute approximate surface area is 104 Å². The van der Waals surface area contributed by atoms with Crippen molar-refractivity contribution in [2.45, 2.75) is 26.3 Å². The van der Waals surface area contributed by atoms with Crippen molar-refractivity contribution in [3.05, 3.63) is 34.5 Å². The maximum Gasteiger partial charge on any atom is 0.148 e. The highest BCUT2D eigenvalue weighted by Gasteiger charge is 2.18. The lowest BCUT2D eigenvalue weighted by Crippen LogP contribution is -2.17. The van der Waals surface area contributed by atoms with Crippen molar-refractivity contribution in [2.24, 2.45) is 11.7 Å². The van der Waals surface area contributed by atoms with Gasteiger partial charge in [0.05, 0.1) is 10.5 Å². The molecule has 0 saturated heterocycles. The summed E-state index contributed by atoms with van der Waals surface area (Å²) in [6.45, 7) is 4.29. The second-order valence-electron chi connectivity index (χ2n) is 4.22. The molecule has 0 aliphatic rings. The summed E-state index contributed by atoms with van der Waals surface area (Å²) in [5.74, 6) is 1.30. The highest BCUT2D eigenvalue weighted by atomic mass is 79.9. The molecule has 0 aliphatic heterocycles. The molecule has 0 aliphatic carbocycles. The van der Waals surface area contributed by atoms with Gasteiger partial charge in [0.1, 0.15) is 11.3 Å². The van der Waals surface area contributed by atoms with Crippen LogP contribution in [0, 0.1) is 5.92 Å². The molecule has 0 bridgehead atoms. The van der Waals surface area contributed by atoms with E-state index in [2.05, 4.69) is 29.8 Å². The predicted molar refractivity (Wildman–Crippen MR) is 70.3 cm³/mol. The number of halogens is 1. The van der Waals surface area contributed by atoms with E-state index in [0.717, 1.165) is 27.6 Å². The third kappa shape index (κ3) is 2.02. The summed E-state index contributed by atoms with van der Waals surface area (Å²) in [5, 5.41) is 1.10. The van der Waals surface area contributed by atoms with Gasteiger partial charge in [-0.1, -0.05) is 32.4 Å². The van der Waals surface area contributed by atoms with Gasteiger partial charge in [-0.3, -0.25) is 0 Å². The Bertz CT molecular complexity index is 492. The summed E-state index contributed by atoms with van der Waals surface area (Å²) >= 11 is 3.48. The lowest BCUT2D eigenvalue weighted by atomic mass is 9.98. The fourth-order valence-corrected chi connectivity index (χ4v) is 2.21. The van der Waals surface area contributed by atoms with Gasteiger partial charge in [0, 0.05) is 5.39 Å². The topological polar surface area (TPSA) is 39.2 Å². The second-order valence-corrected chi connectivity index (χ2v) is 5.07. The van der Waals surface area contributed by atoms with Gasteiger partial charge in [0.15, 0.2) is 0 Å². The highest BCUT2D eigenvalue weighted by Crippen LogP contribution is 2.31. The molecule has 2 atom stereocenters. The molecule has 0 fully saturated rings. The van der Waals surface area contributed by atoms with Crippen LogP contribution in [0.1, 0.15) is 32.1 Å². The van der Waals surface area contributed by atoms with Crippen molar-refractivity contribution in [1.29, 1.82) is 0 Å². The van der Waals surface area contributed by atoms with Crippen LogP contribution < -0.4 is 5.73 Å². The SMILES string of the molecule is CCC(C)[C@H](N)c1cc2cccc(Br)c2o1. The first-order valence-electron chi connectivity index (χ1n) is 5.57. The zero-order chi connectivity index (χ0) is 11.7. The van der Waals surface area contributed by atoms with Gasteiger partial charge in [0.2, 0.25) is 0 Å². The minimum absolute atomic E-state index is 0.0238. The van der Waals surface area contributed by atoms with Gasteiger partial charge < -0.3 is 10.2 Å². The van der Waals surface area contributed by atoms with Crippen LogP contribution >= 0.6 is 15.9 Å². The number of para-hydroxylation sites is 1. The summed E-state index contributed by atoms with van der Waals surface area (Å²) < 4.78 is 6.79. The fourth-order valence-electron chi connectivity index (χ4n) is 1.75. The van der Waals surface area contributed by atoms with E-state index in [1.54, 1.807) is 0 Å². The number of fused-ring (bicyclic) bond motifs is 1. The van der Waals surface area contributed by atoms with E-state index in [4.69, 9.17) is 10.2 Å². The molecule has 16 heavy (non-hydrogen) atoms. The first kappa shape index (κ1) is 11.7. The molecule has 0 spiro atoms. The molecule has 86 valence electrons. The molecule has 0 saturated carbocycles. The van der Waals surface area contributed by atoms with E-state index < -0.39 is 0 Å². The van der Waals surface area contributed by atoms with Crippen LogP contribution in [-0.4, -0.2) is 0 Å². The number of hydrogen-bond donors (Lipinski definition) is 1. The number of hydrogen-bond acceptors (Lipinski definition) is 2. The zero-order valence-corrected chi connectivity index (χ0v) is 11.1. The van der Waals surface area contributed by atoms with Crippen molar-refractivity contribution in [1.82, 2.24) is 0 Å². The van der Waals surface area contributed by atoms with Crippen LogP contribution in [0.5, 0.6) is 0 Å². The van der Waals surface area contributed by atoms with Gasteiger partial charge in [-0.25, -0.2) is 0 Å². The molecule has 2 rings (SSSR count). The Morgan fingerprint density at radius 3 is 2.81 bits per heavy atom. The summed E-state index contributed by atoms with van der Waals surface area (Å²) in [6, 6.07) is 8.03. The van der Waals surface area contributed by atoms with Crippen molar-refractivity contribution < 1.29 is 4.42 Å². The summed E-state index contributed by atoms with van der Waals surface area (Å²) in [6.07, 6.45) is 1.05. The van der Waals surface area contributed by atoms with Crippen molar-refractivity contribution in [2.75, 3.05) is 0 Å². The molecular weight excluding hydrogens is 266 g/mol. The average molecular weight is 282 g/mol. The zero-order valence-electron chi connectivity index (χ0n) is 9.53. The standard InChI is InChI=1S/C13H16BrNO/c1-3-8(2)12(15)11-7-9-5-4-6-10(14)13(9)16-11/h4-8,12H,3,15H2,1-2H3/t8?,12-/m0/s1. The Morgan fingerprint density at radius 2 is 2.19 bits per heavy atom. The summed E-state index contributed by atoms with van der Waals surface area (Å²) in [5.41, 5.74) is 7.04. The number of rotatable bonds is 3. The van der Waals surface area contributed by atoms with E-state index in [1.807, 2.05) is 24.3 Å². The molecule has 1 aromatic heterocycles. The third-order valence-electron chi connectivity index (χ3n) is 3.10. The van der Waals surface area contributed by atoms with Crippen LogP contribution in [0.4, 0.5) is 0 Å². The first-order chi connectivity index (χ1) is 7.63. The Kier molecular flexibility index (Phi) is 3.36. The van der Waals surface area contributed by atoms with E-state index in [1.165, 1.54) is 0 Å². The lowest BCUT2D eigenvalue weighted by molar-refractivity contribution is 0.388. The molecule has 1 heterocycles. The van der Waals surface area contributed by atoms with Gasteiger partial charge in [-0.15, -0.1) is 0 Å². The van der Waals surface area contributed by atoms with Crippen LogP contribution in [-0.2, 0) is 0 Å². The monoisotopic (exact) mass is 281 g/mol. The van der Waals surface area contributed by atoms with Gasteiger partial charge in [-0.2, -0.15) is 0 Å². The third-order valence-corrected chi connectivity index (χ3v) is 3.73. The molecule has 0 amide bonds. The predicted octanol–water partition coefficient (Wildman–Crippen LogP) is 4.24. The molecule has 2 aromatic rings. The molecule has 1 unspecified atom stereocenters. The molecule has 2 nitrogen and oxygen atoms in total. The van der Waals surface area contributed by atoms with Crippen LogP contribution in [0.2, 0.25) is 0 Å². The van der Waals surface area contributed by atoms with E-state index in [9.17, 15) is 0 Å². The quantitative estimate of drug-likeness (QED) is 0.914. The van der Waals surface area contributed by atoms with Gasteiger partial charge in [0.25, 0.3) is 0 Å². The van der Waals surface area contributed by atoms with Gasteiger partial charge in [-0.05, 0) is 34.0 Å². The smallest absolute Gasteiger partial charge is 0.148 e. The largest absolute Gasteiger partial charge is 0.458 e. The Morgan fingerprint density at radius 1 is 1.44 bits per heavy atom. The number of benzene rings is 1. The number of nitrogens with two attached hydrogens (primary N) is 1. The summed E-state index contributed by atoms with van der Waals surface area (Å²) in [7, 11) is 0. The molecule has 1 aromatic carbocycles. The van der Waals surface area contributed by atoms with Gasteiger partial charge >= 0.3 is 0 Å². The maximum absolute atomic E-state index is 6.15. The van der Waals surface area contributed by atoms with Crippen LogP contribution in [0.15, 0.2) is 33.2 Å². The van der Waals surface area contributed by atoms with Crippen molar-refractivity contribution in [3.63, 3.8) is 0 Å². The second kappa shape index (κ2) is 4.60. The molecular formula is C13H16BrNO. The highest BCUT2D eigenvalue weighted by molar-refractivity contribution is 9.10. The minimum Gasteiger partial charge on any atom is -0.458 e. The molecule has 0 radical (unpaired) electrons. The van der Waals surface area contributed by atoms with Crippen LogP contribution in [0.25, 0.3) is 11.0 Å². The van der Waals surface area contributed by atoms with E-state index in [0.29, 0.717) is 5.92 Å². The maximum atomic E-state index is 6.15. The van der Waals surface area contributed by atoms with E-state index >= 15 is 0 Å². The molecule has 3 heteroatoms. The van der Waals surface area contributed by atoms with Crippen molar-refractivity contribution >= 4 is 26.9 Å². The fraction of sp³-hybridized carbons (Fsp3) is 0.385. The van der Waals surface area contributed by atoms with Crippen molar-refractivity contribution in [3.8, 4) is 0 Å². The van der Waals surface area contributed by atoms with Crippen LogP contribution in [0.3, 0.4) is 0 Å². The number of furan rings is 1. The molecule has 2 N–H and O–H groups in total. The minimum atomic E-state index is -0.0238. The lowest BCUT2D eigenvalue weighted by Gasteiger charge is -2.15. The normalized spacial score (nSPS) is 15.2. The van der Waals surface area contributed by atoms with E-state index in [-0.39, 0.29) is 6.04 Å². The average Bonchev–Trinajstić information content (AvgIpc) is 2.72. The summed E-state index contributed by atoms with van der Waals surface area (Å²) in [4.78, 5) is 0. The first-order valence-corrected chi connectivity index (χ1v) is 6.36. The Balaban J connectivity index is 2.43. The Hall–Kier alpha value is -0.800.